The third kappa shape index (κ3) is 2.34. The number of hydrogen-bond acceptors (Lipinski definition) is 4. The molecule has 2 aliphatic rings. The van der Waals surface area contributed by atoms with Crippen LogP contribution in [0.25, 0.3) is 0 Å². The average Bonchev–Trinajstić information content (AvgIpc) is 2.45. The zero-order valence-corrected chi connectivity index (χ0v) is 12.8. The summed E-state index contributed by atoms with van der Waals surface area (Å²) in [5, 5.41) is 0. The van der Waals surface area contributed by atoms with Gasteiger partial charge in [0.15, 0.2) is 0 Å². The molecule has 2 N–H and O–H groups in total. The number of morpholine rings is 1. The summed E-state index contributed by atoms with van der Waals surface area (Å²) < 4.78 is 6.94. The molecule has 19 heavy (non-hydrogen) atoms. The molecule has 4 nitrogen and oxygen atoms in total. The van der Waals surface area contributed by atoms with Gasteiger partial charge in [-0.2, -0.15) is 0 Å². The van der Waals surface area contributed by atoms with Crippen LogP contribution in [0.1, 0.15) is 31.2 Å². The van der Waals surface area contributed by atoms with Crippen molar-refractivity contribution in [1.82, 2.24) is 4.98 Å². The second kappa shape index (κ2) is 5.29. The molecule has 5 heteroatoms. The smallest absolute Gasteiger partial charge is 0.143 e. The second-order valence-electron chi connectivity index (χ2n) is 5.43. The third-order valence-corrected chi connectivity index (χ3v) is 5.24. The van der Waals surface area contributed by atoms with E-state index in [0.29, 0.717) is 12.1 Å². The van der Waals surface area contributed by atoms with Gasteiger partial charge in [-0.15, -0.1) is 0 Å². The third-order valence-electron chi connectivity index (χ3n) is 4.29. The van der Waals surface area contributed by atoms with E-state index < -0.39 is 0 Å². The Morgan fingerprint density at radius 3 is 3.05 bits per heavy atom. The van der Waals surface area contributed by atoms with E-state index in [9.17, 15) is 0 Å². The molecule has 0 aromatic carbocycles. The summed E-state index contributed by atoms with van der Waals surface area (Å²) in [6, 6.07) is 0.467. The maximum Gasteiger partial charge on any atom is 0.143 e. The molecule has 2 unspecified atom stereocenters. The summed E-state index contributed by atoms with van der Waals surface area (Å²) in [5.74, 6) is 1.02. The van der Waals surface area contributed by atoms with Crippen molar-refractivity contribution in [3.63, 3.8) is 0 Å². The summed E-state index contributed by atoms with van der Waals surface area (Å²) in [6.45, 7) is 3.73. The number of nitrogens with zero attached hydrogens (tertiary/aromatic N) is 2. The normalized spacial score (nSPS) is 27.2. The molecule has 0 spiro atoms. The minimum absolute atomic E-state index is 0.369. The van der Waals surface area contributed by atoms with Crippen molar-refractivity contribution in [2.24, 2.45) is 0 Å². The number of aromatic nitrogens is 1. The molecule has 1 saturated carbocycles. The summed E-state index contributed by atoms with van der Waals surface area (Å²) in [5.41, 5.74) is 7.73. The lowest BCUT2D eigenvalue weighted by Crippen LogP contribution is -2.53. The van der Waals surface area contributed by atoms with Crippen molar-refractivity contribution in [2.45, 2.75) is 44.8 Å². The molecule has 104 valence electrons. The van der Waals surface area contributed by atoms with Crippen molar-refractivity contribution in [3.05, 3.63) is 16.2 Å². The number of pyridine rings is 1. The van der Waals surface area contributed by atoms with Gasteiger partial charge in [-0.25, -0.2) is 4.98 Å². The van der Waals surface area contributed by atoms with E-state index in [4.69, 9.17) is 10.5 Å². The Bertz CT molecular complexity index is 478. The molecule has 3 rings (SSSR count). The highest BCUT2D eigenvalue weighted by Crippen LogP contribution is 2.36. The lowest BCUT2D eigenvalue weighted by atomic mass is 9.90. The highest BCUT2D eigenvalue weighted by atomic mass is 79.9. The monoisotopic (exact) mass is 325 g/mol. The molecule has 2 fully saturated rings. The van der Waals surface area contributed by atoms with Crippen LogP contribution in [0.3, 0.4) is 0 Å². The Kier molecular flexibility index (Phi) is 3.67. The van der Waals surface area contributed by atoms with Gasteiger partial charge in [0.1, 0.15) is 5.82 Å². The summed E-state index contributed by atoms with van der Waals surface area (Å²) in [6.07, 6.45) is 7.07. The SMILES string of the molecule is Cc1c(N)cnc(N2CCOC3CCCCC32)c1Br. The molecular formula is C14H20BrN3O. The van der Waals surface area contributed by atoms with E-state index in [-0.39, 0.29) is 0 Å². The Balaban J connectivity index is 1.94. The number of rotatable bonds is 1. The molecular weight excluding hydrogens is 306 g/mol. The number of nitrogen functional groups attached to an aromatic ring is 1. The molecule has 2 atom stereocenters. The largest absolute Gasteiger partial charge is 0.397 e. The van der Waals surface area contributed by atoms with E-state index in [2.05, 4.69) is 25.8 Å². The van der Waals surface area contributed by atoms with Crippen LogP contribution < -0.4 is 10.6 Å². The lowest BCUT2D eigenvalue weighted by molar-refractivity contribution is -0.00904. The van der Waals surface area contributed by atoms with Crippen LogP contribution in [0.5, 0.6) is 0 Å². The zero-order valence-electron chi connectivity index (χ0n) is 11.2. The number of anilines is 2. The first kappa shape index (κ1) is 13.2. The van der Waals surface area contributed by atoms with Crippen LogP contribution in [0, 0.1) is 6.92 Å². The number of nitrogens with two attached hydrogens (primary N) is 1. The Morgan fingerprint density at radius 1 is 1.42 bits per heavy atom. The number of halogens is 1. The predicted octanol–water partition coefficient (Wildman–Crippen LogP) is 2.88. The van der Waals surface area contributed by atoms with Crippen LogP contribution in [-0.4, -0.2) is 30.3 Å². The fourth-order valence-electron chi connectivity index (χ4n) is 3.14. The van der Waals surface area contributed by atoms with Crippen molar-refractivity contribution < 1.29 is 4.74 Å². The van der Waals surface area contributed by atoms with Crippen LogP contribution in [0.4, 0.5) is 11.5 Å². The van der Waals surface area contributed by atoms with E-state index >= 15 is 0 Å². The average molecular weight is 326 g/mol. The van der Waals surface area contributed by atoms with E-state index in [0.717, 1.165) is 34.7 Å². The molecule has 1 aliphatic heterocycles. The lowest BCUT2D eigenvalue weighted by Gasteiger charge is -2.44. The molecule has 1 aliphatic carbocycles. The van der Waals surface area contributed by atoms with Gasteiger partial charge in [-0.1, -0.05) is 12.8 Å². The van der Waals surface area contributed by atoms with Gasteiger partial charge < -0.3 is 15.4 Å². The number of hydrogen-bond donors (Lipinski definition) is 1. The molecule has 1 aromatic heterocycles. The molecule has 1 aromatic rings. The molecule has 2 heterocycles. The highest BCUT2D eigenvalue weighted by molar-refractivity contribution is 9.10. The minimum atomic E-state index is 0.369. The van der Waals surface area contributed by atoms with Crippen molar-refractivity contribution in [2.75, 3.05) is 23.8 Å². The van der Waals surface area contributed by atoms with Gasteiger partial charge in [-0.05, 0) is 41.3 Å². The first-order valence-corrected chi connectivity index (χ1v) is 7.76. The van der Waals surface area contributed by atoms with Crippen molar-refractivity contribution in [1.29, 1.82) is 0 Å². The van der Waals surface area contributed by atoms with E-state index in [1.807, 2.05) is 6.92 Å². The van der Waals surface area contributed by atoms with Crippen LogP contribution in [0.15, 0.2) is 10.7 Å². The topological polar surface area (TPSA) is 51.4 Å². The minimum Gasteiger partial charge on any atom is -0.397 e. The molecule has 1 saturated heterocycles. The first-order chi connectivity index (χ1) is 9.18. The fraction of sp³-hybridized carbons (Fsp3) is 0.643. The van der Waals surface area contributed by atoms with Crippen LogP contribution in [0.2, 0.25) is 0 Å². The Labute approximate surface area is 122 Å². The number of fused-ring (bicyclic) bond motifs is 1. The zero-order chi connectivity index (χ0) is 13.4. The standard InChI is InChI=1S/C14H20BrN3O/c1-9-10(16)8-17-14(13(9)15)18-6-7-19-12-5-3-2-4-11(12)18/h8,11-12H,2-7,16H2,1H3. The molecule has 0 bridgehead atoms. The van der Waals surface area contributed by atoms with Gasteiger partial charge in [0, 0.05) is 6.54 Å². The summed E-state index contributed by atoms with van der Waals surface area (Å²) >= 11 is 3.66. The van der Waals surface area contributed by atoms with E-state index in [1.165, 1.54) is 25.7 Å². The summed E-state index contributed by atoms with van der Waals surface area (Å²) in [7, 11) is 0. The fourth-order valence-corrected chi connectivity index (χ4v) is 3.70. The summed E-state index contributed by atoms with van der Waals surface area (Å²) in [4.78, 5) is 6.96. The van der Waals surface area contributed by atoms with Gasteiger partial charge >= 0.3 is 0 Å². The van der Waals surface area contributed by atoms with Crippen molar-refractivity contribution >= 4 is 27.4 Å². The quantitative estimate of drug-likeness (QED) is 0.862. The first-order valence-electron chi connectivity index (χ1n) is 6.97. The predicted molar refractivity (Wildman–Crippen MR) is 80.4 cm³/mol. The van der Waals surface area contributed by atoms with Crippen molar-refractivity contribution in [3.8, 4) is 0 Å². The molecule has 0 amide bonds. The number of ether oxygens (including phenoxy) is 1. The Hall–Kier alpha value is -0.810. The van der Waals surface area contributed by atoms with Gasteiger partial charge in [-0.3, -0.25) is 0 Å². The second-order valence-corrected chi connectivity index (χ2v) is 6.22. The van der Waals surface area contributed by atoms with Gasteiger partial charge in [0.05, 0.1) is 35.1 Å². The Morgan fingerprint density at radius 2 is 2.21 bits per heavy atom. The van der Waals surface area contributed by atoms with E-state index in [1.54, 1.807) is 6.20 Å². The van der Waals surface area contributed by atoms with Gasteiger partial charge in [0.2, 0.25) is 0 Å². The van der Waals surface area contributed by atoms with Gasteiger partial charge in [0.25, 0.3) is 0 Å². The maximum atomic E-state index is 5.92. The van der Waals surface area contributed by atoms with Crippen LogP contribution in [-0.2, 0) is 4.74 Å². The highest BCUT2D eigenvalue weighted by Gasteiger charge is 2.35. The van der Waals surface area contributed by atoms with Crippen LogP contribution >= 0.6 is 15.9 Å². The molecule has 0 radical (unpaired) electrons. The maximum absolute atomic E-state index is 5.92.